The largest absolute Gasteiger partial charge is 0.493 e. The summed E-state index contributed by atoms with van der Waals surface area (Å²) in [6, 6.07) is 14.1. The molecule has 2 heterocycles. The minimum atomic E-state index is -0.0582. The van der Waals surface area contributed by atoms with Crippen molar-refractivity contribution in [2.45, 2.75) is 26.3 Å². The number of hydrogen-bond donors (Lipinski definition) is 0. The van der Waals surface area contributed by atoms with E-state index in [1.54, 1.807) is 7.11 Å². The number of furan rings is 1. The molecule has 1 aliphatic heterocycles. The molecule has 0 aliphatic carbocycles. The molecule has 4 rings (SSSR count). The van der Waals surface area contributed by atoms with Gasteiger partial charge in [0.1, 0.15) is 0 Å². The van der Waals surface area contributed by atoms with Crippen LogP contribution in [0.2, 0.25) is 0 Å². The number of para-hydroxylation sites is 1. The van der Waals surface area contributed by atoms with Crippen LogP contribution in [-0.2, 0) is 6.54 Å². The first-order valence-electron chi connectivity index (χ1n) is 8.53. The standard InChI is InChI=1S/C21H21NO3/c1-13-11-22(12-15-7-4-5-8-16(13)15)21(23)19-14(2)17-9-6-10-18(24-3)20(17)25-19/h4-10,13H,11-12H2,1-3H3. The Labute approximate surface area is 147 Å². The number of amides is 1. The fourth-order valence-electron chi connectivity index (χ4n) is 3.74. The molecule has 0 radical (unpaired) electrons. The fourth-order valence-corrected chi connectivity index (χ4v) is 3.74. The molecular weight excluding hydrogens is 314 g/mol. The van der Waals surface area contributed by atoms with Crippen LogP contribution in [-0.4, -0.2) is 24.5 Å². The molecule has 1 amide bonds. The minimum Gasteiger partial charge on any atom is -0.493 e. The number of aryl methyl sites for hydroxylation is 1. The molecule has 25 heavy (non-hydrogen) atoms. The summed E-state index contributed by atoms with van der Waals surface area (Å²) in [4.78, 5) is 15.0. The Bertz CT molecular complexity index is 957. The van der Waals surface area contributed by atoms with Gasteiger partial charge in [0.2, 0.25) is 0 Å². The molecule has 3 aromatic rings. The molecule has 4 nitrogen and oxygen atoms in total. The lowest BCUT2D eigenvalue weighted by atomic mass is 9.91. The molecule has 1 atom stereocenters. The lowest BCUT2D eigenvalue weighted by molar-refractivity contribution is 0.0689. The van der Waals surface area contributed by atoms with Gasteiger partial charge in [0.05, 0.1) is 7.11 Å². The maximum Gasteiger partial charge on any atom is 0.290 e. The van der Waals surface area contributed by atoms with Crippen molar-refractivity contribution in [2.24, 2.45) is 0 Å². The average molecular weight is 335 g/mol. The van der Waals surface area contributed by atoms with E-state index in [1.807, 2.05) is 36.1 Å². The van der Waals surface area contributed by atoms with E-state index >= 15 is 0 Å². The van der Waals surface area contributed by atoms with Gasteiger partial charge in [-0.2, -0.15) is 0 Å². The van der Waals surface area contributed by atoms with Crippen molar-refractivity contribution in [1.29, 1.82) is 0 Å². The van der Waals surface area contributed by atoms with E-state index in [0.29, 0.717) is 36.1 Å². The van der Waals surface area contributed by atoms with E-state index in [1.165, 1.54) is 11.1 Å². The van der Waals surface area contributed by atoms with E-state index in [0.717, 1.165) is 10.9 Å². The molecule has 1 unspecified atom stereocenters. The molecule has 1 aliphatic rings. The van der Waals surface area contributed by atoms with Gasteiger partial charge in [-0.05, 0) is 30.0 Å². The SMILES string of the molecule is COc1cccc2c(C)c(C(=O)N3Cc4ccccc4C(C)C3)oc12. The lowest BCUT2D eigenvalue weighted by Crippen LogP contribution is -2.37. The molecule has 0 fully saturated rings. The summed E-state index contributed by atoms with van der Waals surface area (Å²) in [5.41, 5.74) is 4.04. The molecule has 0 saturated carbocycles. The normalized spacial score (nSPS) is 16.8. The number of carbonyl (C=O) groups excluding carboxylic acids is 1. The summed E-state index contributed by atoms with van der Waals surface area (Å²) < 4.78 is 11.3. The first-order valence-corrected chi connectivity index (χ1v) is 8.53. The third-order valence-corrected chi connectivity index (χ3v) is 5.07. The summed E-state index contributed by atoms with van der Waals surface area (Å²) in [5.74, 6) is 1.31. The van der Waals surface area contributed by atoms with Crippen molar-refractivity contribution < 1.29 is 13.9 Å². The zero-order chi connectivity index (χ0) is 17.6. The van der Waals surface area contributed by atoms with Gasteiger partial charge >= 0.3 is 0 Å². The summed E-state index contributed by atoms with van der Waals surface area (Å²) in [5, 5.41) is 0.924. The Morgan fingerprint density at radius 1 is 1.20 bits per heavy atom. The van der Waals surface area contributed by atoms with Crippen LogP contribution in [0.4, 0.5) is 0 Å². The van der Waals surface area contributed by atoms with Crippen LogP contribution in [0, 0.1) is 6.92 Å². The highest BCUT2D eigenvalue weighted by Crippen LogP contribution is 2.34. The van der Waals surface area contributed by atoms with Gasteiger partial charge in [-0.25, -0.2) is 0 Å². The predicted octanol–water partition coefficient (Wildman–Crippen LogP) is 4.51. The van der Waals surface area contributed by atoms with Crippen LogP contribution in [0.1, 0.15) is 40.1 Å². The third-order valence-electron chi connectivity index (χ3n) is 5.07. The van der Waals surface area contributed by atoms with Gasteiger partial charge < -0.3 is 14.1 Å². The first kappa shape index (κ1) is 15.8. The van der Waals surface area contributed by atoms with E-state index in [2.05, 4.69) is 25.1 Å². The van der Waals surface area contributed by atoms with Gasteiger partial charge in [-0.3, -0.25) is 4.79 Å². The first-order chi connectivity index (χ1) is 12.1. The Hall–Kier alpha value is -2.75. The van der Waals surface area contributed by atoms with Crippen LogP contribution in [0.3, 0.4) is 0 Å². The second kappa shape index (κ2) is 5.96. The molecule has 0 spiro atoms. The van der Waals surface area contributed by atoms with E-state index in [-0.39, 0.29) is 5.91 Å². The van der Waals surface area contributed by atoms with Crippen LogP contribution in [0.25, 0.3) is 11.0 Å². The second-order valence-corrected chi connectivity index (χ2v) is 6.68. The van der Waals surface area contributed by atoms with Crippen LogP contribution in [0.5, 0.6) is 5.75 Å². The van der Waals surface area contributed by atoms with E-state index in [9.17, 15) is 4.79 Å². The highest BCUT2D eigenvalue weighted by molar-refractivity contribution is 6.00. The predicted molar refractivity (Wildman–Crippen MR) is 97.1 cm³/mol. The molecule has 1 aromatic heterocycles. The van der Waals surface area contributed by atoms with Crippen molar-refractivity contribution in [3.05, 3.63) is 64.9 Å². The Balaban J connectivity index is 1.73. The van der Waals surface area contributed by atoms with Gasteiger partial charge in [0.25, 0.3) is 5.91 Å². The fraction of sp³-hybridized carbons (Fsp3) is 0.286. The highest BCUT2D eigenvalue weighted by Gasteiger charge is 2.29. The monoisotopic (exact) mass is 335 g/mol. The molecule has 2 aromatic carbocycles. The Morgan fingerprint density at radius 3 is 2.80 bits per heavy atom. The number of benzene rings is 2. The molecule has 4 heteroatoms. The van der Waals surface area contributed by atoms with Gasteiger partial charge in [0, 0.05) is 24.0 Å². The summed E-state index contributed by atoms with van der Waals surface area (Å²) >= 11 is 0. The maximum atomic E-state index is 13.1. The number of rotatable bonds is 2. The van der Waals surface area contributed by atoms with E-state index in [4.69, 9.17) is 9.15 Å². The molecule has 0 bridgehead atoms. The van der Waals surface area contributed by atoms with Crippen molar-refractivity contribution in [3.8, 4) is 5.75 Å². The number of methoxy groups -OCH3 is 1. The van der Waals surface area contributed by atoms with E-state index < -0.39 is 0 Å². The average Bonchev–Trinajstić information content (AvgIpc) is 2.98. The minimum absolute atomic E-state index is 0.0582. The second-order valence-electron chi connectivity index (χ2n) is 6.68. The van der Waals surface area contributed by atoms with Crippen LogP contribution >= 0.6 is 0 Å². The zero-order valence-electron chi connectivity index (χ0n) is 14.7. The number of ether oxygens (including phenoxy) is 1. The quantitative estimate of drug-likeness (QED) is 0.692. The Morgan fingerprint density at radius 2 is 2.00 bits per heavy atom. The Kier molecular flexibility index (Phi) is 3.75. The van der Waals surface area contributed by atoms with Crippen molar-refractivity contribution in [2.75, 3.05) is 13.7 Å². The molecule has 0 saturated heterocycles. The van der Waals surface area contributed by atoms with Crippen molar-refractivity contribution in [3.63, 3.8) is 0 Å². The van der Waals surface area contributed by atoms with Crippen LogP contribution in [0.15, 0.2) is 46.9 Å². The smallest absolute Gasteiger partial charge is 0.290 e. The number of nitrogens with zero attached hydrogens (tertiary/aromatic N) is 1. The van der Waals surface area contributed by atoms with Crippen molar-refractivity contribution in [1.82, 2.24) is 4.90 Å². The van der Waals surface area contributed by atoms with Crippen molar-refractivity contribution >= 4 is 16.9 Å². The third kappa shape index (κ3) is 2.49. The number of carbonyl (C=O) groups is 1. The molecule has 128 valence electrons. The van der Waals surface area contributed by atoms with Gasteiger partial charge in [-0.1, -0.05) is 43.3 Å². The summed E-state index contributed by atoms with van der Waals surface area (Å²) in [6.07, 6.45) is 0. The molecular formula is C21H21NO3. The lowest BCUT2D eigenvalue weighted by Gasteiger charge is -2.32. The molecule has 0 N–H and O–H groups in total. The number of hydrogen-bond acceptors (Lipinski definition) is 3. The summed E-state index contributed by atoms with van der Waals surface area (Å²) in [6.45, 7) is 5.41. The number of fused-ring (bicyclic) bond motifs is 2. The van der Waals surface area contributed by atoms with Gasteiger partial charge in [0.15, 0.2) is 17.1 Å². The van der Waals surface area contributed by atoms with Gasteiger partial charge in [-0.15, -0.1) is 0 Å². The summed E-state index contributed by atoms with van der Waals surface area (Å²) in [7, 11) is 1.61. The topological polar surface area (TPSA) is 42.7 Å². The highest BCUT2D eigenvalue weighted by atomic mass is 16.5. The van der Waals surface area contributed by atoms with Crippen LogP contribution < -0.4 is 4.74 Å². The maximum absolute atomic E-state index is 13.1. The zero-order valence-corrected chi connectivity index (χ0v) is 14.7.